The maximum atomic E-state index is 14.7. The molecule has 0 unspecified atom stereocenters. The summed E-state index contributed by atoms with van der Waals surface area (Å²) < 4.78 is 54.1. The van der Waals surface area contributed by atoms with Crippen molar-refractivity contribution >= 4 is 23.1 Å². The van der Waals surface area contributed by atoms with Crippen LogP contribution in [-0.2, 0) is 11.2 Å². The van der Waals surface area contributed by atoms with Gasteiger partial charge in [-0.15, -0.1) is 0 Å². The third-order valence-electron chi connectivity index (χ3n) is 6.07. The molecule has 0 saturated carbocycles. The summed E-state index contributed by atoms with van der Waals surface area (Å²) in [6.07, 6.45) is 1.96. The van der Waals surface area contributed by atoms with Crippen LogP contribution in [0.3, 0.4) is 0 Å². The van der Waals surface area contributed by atoms with E-state index < -0.39 is 17.8 Å². The van der Waals surface area contributed by atoms with Crippen LogP contribution < -0.4 is 21.1 Å². The summed E-state index contributed by atoms with van der Waals surface area (Å²) in [6, 6.07) is 7.96. The third kappa shape index (κ3) is 5.96. The molecule has 2 aromatic carbocycles. The van der Waals surface area contributed by atoms with Gasteiger partial charge < -0.3 is 25.8 Å². The van der Waals surface area contributed by atoms with E-state index in [2.05, 4.69) is 20.6 Å². The van der Waals surface area contributed by atoms with Gasteiger partial charge in [0.2, 0.25) is 0 Å². The van der Waals surface area contributed by atoms with Gasteiger partial charge in [0.25, 0.3) is 12.3 Å². The van der Waals surface area contributed by atoms with Gasteiger partial charge in [-0.3, -0.25) is 9.20 Å². The van der Waals surface area contributed by atoms with Gasteiger partial charge in [-0.25, -0.2) is 23.1 Å². The van der Waals surface area contributed by atoms with Gasteiger partial charge in [0.1, 0.15) is 0 Å². The Morgan fingerprint density at radius 3 is 2.72 bits per heavy atom. The molecule has 2 heterocycles. The van der Waals surface area contributed by atoms with Crippen molar-refractivity contribution in [3.63, 3.8) is 0 Å². The van der Waals surface area contributed by atoms with Gasteiger partial charge in [-0.1, -0.05) is 6.92 Å². The first-order valence-electron chi connectivity index (χ1n) is 12.3. The molecular formula is C27H29F3N6O3. The van der Waals surface area contributed by atoms with Crippen LogP contribution >= 0.6 is 0 Å². The van der Waals surface area contributed by atoms with E-state index >= 15 is 0 Å². The second-order valence-electron chi connectivity index (χ2n) is 8.46. The van der Waals surface area contributed by atoms with Crippen LogP contribution in [0.1, 0.15) is 34.8 Å². The summed E-state index contributed by atoms with van der Waals surface area (Å²) in [5, 5.41) is 6.01. The minimum Gasteiger partial charge on any atom is -0.494 e. The zero-order chi connectivity index (χ0) is 27.9. The molecule has 1 amide bonds. The zero-order valence-corrected chi connectivity index (χ0v) is 21.5. The van der Waals surface area contributed by atoms with Crippen molar-refractivity contribution in [2.45, 2.75) is 19.8 Å². The molecule has 0 radical (unpaired) electrons. The van der Waals surface area contributed by atoms with E-state index in [9.17, 15) is 18.0 Å². The topological polar surface area (TPSA) is 116 Å². The summed E-state index contributed by atoms with van der Waals surface area (Å²) in [4.78, 5) is 21.4. The predicted molar refractivity (Wildman–Crippen MR) is 141 cm³/mol. The number of carbonyl (C=O) groups is 1. The Labute approximate surface area is 223 Å². The summed E-state index contributed by atoms with van der Waals surface area (Å²) in [5.41, 5.74) is 7.23. The Balaban J connectivity index is 1.61. The summed E-state index contributed by atoms with van der Waals surface area (Å²) in [5.74, 6) is -1.25. The molecule has 0 saturated heterocycles. The molecule has 2 aromatic heterocycles. The first-order chi connectivity index (χ1) is 18.9. The number of halogens is 3. The number of alkyl halides is 2. The second kappa shape index (κ2) is 12.6. The number of nitrogens with one attached hydrogen (secondary N) is 2. The molecule has 0 aliphatic rings. The maximum absolute atomic E-state index is 14.7. The SMILES string of the molecule is CCc1cc(Nc2nccn3c(-c4ccc(OC)c(F)c4C(F)F)cnc23)ccc1C(=O)NCCOCCN. The monoisotopic (exact) mass is 542 g/mol. The number of hydrogen-bond acceptors (Lipinski definition) is 7. The molecule has 12 heteroatoms. The molecule has 0 aliphatic carbocycles. The standard InChI is InChI=1S/C27H29F3N6O3/c1-3-16-14-17(4-5-18(16)27(37)33-10-13-39-12-8-31)35-25-26-34-15-20(36(26)11-9-32-25)19-6-7-21(38-2)23(28)22(19)24(29)30/h4-7,9,11,14-15,24H,3,8,10,12-13,31H2,1-2H3,(H,32,35)(H,33,37). The molecule has 4 N–H and O–H groups in total. The molecule has 4 aromatic rings. The van der Waals surface area contributed by atoms with Crippen molar-refractivity contribution in [2.24, 2.45) is 5.73 Å². The number of nitrogens with two attached hydrogens (primary N) is 1. The highest BCUT2D eigenvalue weighted by molar-refractivity contribution is 5.96. The van der Waals surface area contributed by atoms with E-state index in [0.717, 1.165) is 5.56 Å². The lowest BCUT2D eigenvalue weighted by atomic mass is 10.0. The average molecular weight is 543 g/mol. The lowest BCUT2D eigenvalue weighted by molar-refractivity contribution is 0.0919. The first kappa shape index (κ1) is 27.9. The van der Waals surface area contributed by atoms with Gasteiger partial charge in [0, 0.05) is 42.3 Å². The van der Waals surface area contributed by atoms with Crippen LogP contribution in [0, 0.1) is 5.82 Å². The first-order valence-corrected chi connectivity index (χ1v) is 12.3. The number of rotatable bonds is 12. The van der Waals surface area contributed by atoms with Crippen molar-refractivity contribution in [1.82, 2.24) is 19.7 Å². The summed E-state index contributed by atoms with van der Waals surface area (Å²) in [6.45, 7) is 3.52. The maximum Gasteiger partial charge on any atom is 0.267 e. The molecule has 4 rings (SSSR count). The van der Waals surface area contributed by atoms with E-state index in [1.807, 2.05) is 13.0 Å². The molecule has 206 valence electrons. The van der Waals surface area contributed by atoms with Crippen molar-refractivity contribution in [3.8, 4) is 17.0 Å². The zero-order valence-electron chi connectivity index (χ0n) is 21.5. The van der Waals surface area contributed by atoms with Crippen LogP contribution in [0.15, 0.2) is 48.9 Å². The minimum absolute atomic E-state index is 0.00925. The number of aryl methyl sites for hydroxylation is 1. The van der Waals surface area contributed by atoms with Crippen molar-refractivity contribution in [1.29, 1.82) is 0 Å². The van der Waals surface area contributed by atoms with Crippen LogP contribution in [0.4, 0.5) is 24.7 Å². The lowest BCUT2D eigenvalue weighted by Crippen LogP contribution is -2.28. The Kier molecular flexibility index (Phi) is 8.99. The number of aromatic nitrogens is 3. The van der Waals surface area contributed by atoms with Crippen LogP contribution in [0.5, 0.6) is 5.75 Å². The van der Waals surface area contributed by atoms with Gasteiger partial charge >= 0.3 is 0 Å². The van der Waals surface area contributed by atoms with E-state index in [4.69, 9.17) is 15.2 Å². The fourth-order valence-electron chi connectivity index (χ4n) is 4.21. The van der Waals surface area contributed by atoms with Crippen LogP contribution in [-0.4, -0.2) is 53.7 Å². The Hall–Kier alpha value is -4.16. The second-order valence-corrected chi connectivity index (χ2v) is 8.46. The Bertz CT molecular complexity index is 1460. The molecule has 0 fully saturated rings. The molecule has 0 spiro atoms. The van der Waals surface area contributed by atoms with Gasteiger partial charge in [0.05, 0.1) is 37.8 Å². The van der Waals surface area contributed by atoms with Crippen molar-refractivity contribution in [2.75, 3.05) is 38.7 Å². The number of hydrogen-bond donors (Lipinski definition) is 3. The fraction of sp³-hybridized carbons (Fsp3) is 0.296. The van der Waals surface area contributed by atoms with Crippen molar-refractivity contribution in [3.05, 3.63) is 71.4 Å². The lowest BCUT2D eigenvalue weighted by Gasteiger charge is -2.14. The number of amides is 1. The molecule has 0 bridgehead atoms. The number of nitrogens with zero attached hydrogens (tertiary/aromatic N) is 3. The normalized spacial score (nSPS) is 11.3. The summed E-state index contributed by atoms with van der Waals surface area (Å²) >= 11 is 0. The highest BCUT2D eigenvalue weighted by Gasteiger charge is 2.25. The predicted octanol–water partition coefficient (Wildman–Crippen LogP) is 4.49. The van der Waals surface area contributed by atoms with E-state index in [0.29, 0.717) is 55.4 Å². The number of methoxy groups -OCH3 is 1. The highest BCUT2D eigenvalue weighted by Crippen LogP contribution is 2.38. The van der Waals surface area contributed by atoms with E-state index in [1.165, 1.54) is 31.6 Å². The van der Waals surface area contributed by atoms with Gasteiger partial charge in [-0.05, 0) is 42.3 Å². The quantitative estimate of drug-likeness (QED) is 0.226. The average Bonchev–Trinajstić information content (AvgIpc) is 3.37. The fourth-order valence-corrected chi connectivity index (χ4v) is 4.21. The molecule has 0 atom stereocenters. The molecular weight excluding hydrogens is 513 g/mol. The highest BCUT2D eigenvalue weighted by atomic mass is 19.3. The number of benzene rings is 2. The number of anilines is 2. The van der Waals surface area contributed by atoms with Gasteiger partial charge in [-0.2, -0.15) is 0 Å². The van der Waals surface area contributed by atoms with E-state index in [1.54, 1.807) is 22.7 Å². The van der Waals surface area contributed by atoms with E-state index in [-0.39, 0.29) is 22.9 Å². The largest absolute Gasteiger partial charge is 0.494 e. The number of fused-ring (bicyclic) bond motifs is 1. The van der Waals surface area contributed by atoms with Crippen LogP contribution in [0.2, 0.25) is 0 Å². The minimum atomic E-state index is -3.07. The molecule has 9 nitrogen and oxygen atoms in total. The third-order valence-corrected chi connectivity index (χ3v) is 6.07. The molecule has 39 heavy (non-hydrogen) atoms. The van der Waals surface area contributed by atoms with Gasteiger partial charge in [0.15, 0.2) is 23.0 Å². The number of imidazole rings is 1. The smallest absolute Gasteiger partial charge is 0.267 e. The van der Waals surface area contributed by atoms with Crippen molar-refractivity contribution < 1.29 is 27.4 Å². The number of ether oxygens (including phenoxy) is 2. The molecule has 0 aliphatic heterocycles. The van der Waals surface area contributed by atoms with Crippen LogP contribution in [0.25, 0.3) is 16.9 Å². The Morgan fingerprint density at radius 2 is 2.00 bits per heavy atom. The Morgan fingerprint density at radius 1 is 1.18 bits per heavy atom. The number of carbonyl (C=O) groups excluding carboxylic acids is 1. The summed E-state index contributed by atoms with van der Waals surface area (Å²) in [7, 11) is 1.22.